The number of amides is 1. The summed E-state index contributed by atoms with van der Waals surface area (Å²) in [4.78, 5) is 38.8. The zero-order chi connectivity index (χ0) is 20.0. The summed E-state index contributed by atoms with van der Waals surface area (Å²) in [5, 5.41) is 14.6. The van der Waals surface area contributed by atoms with E-state index in [1.165, 1.54) is 30.5 Å². The average molecular weight is 370 g/mol. The highest BCUT2D eigenvalue weighted by molar-refractivity contribution is 5.99. The molecule has 1 amide bonds. The van der Waals surface area contributed by atoms with Crippen molar-refractivity contribution in [1.82, 2.24) is 10.4 Å². The van der Waals surface area contributed by atoms with Gasteiger partial charge >= 0.3 is 5.97 Å². The number of non-ortho nitro benzene ring substituents is 1. The van der Waals surface area contributed by atoms with Gasteiger partial charge in [-0.05, 0) is 26.8 Å². The summed E-state index contributed by atoms with van der Waals surface area (Å²) in [6, 6.07) is 7.22. The number of ether oxygens (including phenoxy) is 1. The minimum absolute atomic E-state index is 0.0806. The number of pyridine rings is 1. The molecule has 0 fully saturated rings. The molecule has 1 N–H and O–H groups in total. The fourth-order valence-corrected chi connectivity index (χ4v) is 2.31. The first-order chi connectivity index (χ1) is 12.8. The Morgan fingerprint density at radius 2 is 1.96 bits per heavy atom. The lowest BCUT2D eigenvalue weighted by Gasteiger charge is -2.09. The lowest BCUT2D eigenvalue weighted by Crippen LogP contribution is -2.21. The molecule has 27 heavy (non-hydrogen) atoms. The Morgan fingerprint density at radius 3 is 2.63 bits per heavy atom. The summed E-state index contributed by atoms with van der Waals surface area (Å²) in [5.74, 6) is -1.12. The van der Waals surface area contributed by atoms with Gasteiger partial charge in [-0.2, -0.15) is 5.10 Å². The summed E-state index contributed by atoms with van der Waals surface area (Å²) in [6.45, 7) is 5.19. The van der Waals surface area contributed by atoms with Crippen molar-refractivity contribution >= 4 is 23.8 Å². The highest BCUT2D eigenvalue weighted by Crippen LogP contribution is 2.14. The van der Waals surface area contributed by atoms with E-state index >= 15 is 0 Å². The molecule has 140 valence electrons. The highest BCUT2D eigenvalue weighted by atomic mass is 16.6. The highest BCUT2D eigenvalue weighted by Gasteiger charge is 2.18. The van der Waals surface area contributed by atoms with Gasteiger partial charge < -0.3 is 4.74 Å². The van der Waals surface area contributed by atoms with Gasteiger partial charge in [-0.1, -0.05) is 12.1 Å². The number of nitro benzene ring substituents is 1. The predicted molar refractivity (Wildman–Crippen MR) is 97.8 cm³/mol. The van der Waals surface area contributed by atoms with Crippen LogP contribution in [0.2, 0.25) is 0 Å². The third kappa shape index (κ3) is 4.94. The zero-order valence-corrected chi connectivity index (χ0v) is 15.1. The van der Waals surface area contributed by atoms with Crippen LogP contribution in [0.15, 0.2) is 35.4 Å². The maximum atomic E-state index is 12.3. The number of nitrogens with zero attached hydrogens (tertiary/aromatic N) is 3. The third-order valence-electron chi connectivity index (χ3n) is 3.60. The van der Waals surface area contributed by atoms with Gasteiger partial charge in [0, 0.05) is 17.7 Å². The maximum absolute atomic E-state index is 12.3. The topological polar surface area (TPSA) is 124 Å². The van der Waals surface area contributed by atoms with E-state index in [2.05, 4.69) is 15.5 Å². The van der Waals surface area contributed by atoms with Crippen LogP contribution >= 0.6 is 0 Å². The predicted octanol–water partition coefficient (Wildman–Crippen LogP) is 2.55. The number of hydrogen-bond donors (Lipinski definition) is 1. The molecule has 1 heterocycles. The van der Waals surface area contributed by atoms with Crippen LogP contribution in [0.4, 0.5) is 5.69 Å². The van der Waals surface area contributed by atoms with E-state index in [1.807, 2.05) is 0 Å². The number of aromatic nitrogens is 1. The molecule has 1 aromatic carbocycles. The normalized spacial score (nSPS) is 10.6. The van der Waals surface area contributed by atoms with Gasteiger partial charge in [0.05, 0.1) is 40.3 Å². The van der Waals surface area contributed by atoms with E-state index in [9.17, 15) is 19.7 Å². The molecular weight excluding hydrogens is 352 g/mol. The lowest BCUT2D eigenvalue weighted by molar-refractivity contribution is -0.384. The van der Waals surface area contributed by atoms with Gasteiger partial charge in [0.2, 0.25) is 0 Å². The van der Waals surface area contributed by atoms with Gasteiger partial charge in [0.1, 0.15) is 0 Å². The summed E-state index contributed by atoms with van der Waals surface area (Å²) >= 11 is 0. The van der Waals surface area contributed by atoms with E-state index in [-0.39, 0.29) is 23.4 Å². The molecule has 2 rings (SSSR count). The van der Waals surface area contributed by atoms with E-state index < -0.39 is 16.8 Å². The van der Waals surface area contributed by atoms with Gasteiger partial charge in [0.15, 0.2) is 0 Å². The number of hydrogen-bond acceptors (Lipinski definition) is 7. The van der Waals surface area contributed by atoms with E-state index in [1.54, 1.807) is 26.8 Å². The van der Waals surface area contributed by atoms with E-state index in [0.29, 0.717) is 17.0 Å². The van der Waals surface area contributed by atoms with Crippen LogP contribution < -0.4 is 5.43 Å². The van der Waals surface area contributed by atoms with Crippen molar-refractivity contribution in [3.63, 3.8) is 0 Å². The number of esters is 1. The molecule has 0 saturated heterocycles. The fraction of sp³-hybridized carbons (Fsp3) is 0.222. The molecule has 1 aromatic heterocycles. The van der Waals surface area contributed by atoms with Crippen LogP contribution in [0.1, 0.15) is 44.6 Å². The van der Waals surface area contributed by atoms with Crippen LogP contribution in [-0.2, 0) is 4.74 Å². The molecule has 0 spiro atoms. The Bertz CT molecular complexity index is 924. The maximum Gasteiger partial charge on any atom is 0.339 e. The molecule has 0 aliphatic carbocycles. The Hall–Kier alpha value is -3.62. The number of nitro groups is 1. The van der Waals surface area contributed by atoms with Crippen molar-refractivity contribution in [3.05, 3.63) is 68.5 Å². The van der Waals surface area contributed by atoms with Crippen LogP contribution in [0.3, 0.4) is 0 Å². The average Bonchev–Trinajstić information content (AvgIpc) is 2.62. The number of aryl methyl sites for hydroxylation is 2. The van der Waals surface area contributed by atoms with E-state index in [0.717, 1.165) is 0 Å². The summed E-state index contributed by atoms with van der Waals surface area (Å²) in [5.41, 5.74) is 3.98. The van der Waals surface area contributed by atoms with Crippen molar-refractivity contribution in [1.29, 1.82) is 0 Å². The molecule has 2 aromatic rings. The second-order valence-corrected chi connectivity index (χ2v) is 5.53. The summed E-state index contributed by atoms with van der Waals surface area (Å²) in [7, 11) is 0. The SMILES string of the molecule is CCOC(=O)c1cc(C(=O)N/N=C/c2cccc([N+](=O)[O-])c2)c(C)nc1C. The van der Waals surface area contributed by atoms with Gasteiger partial charge in [-0.25, -0.2) is 10.2 Å². The standard InChI is InChI=1S/C18H18N4O5/c1-4-27-18(24)16-9-15(11(2)20-12(16)3)17(23)21-19-10-13-6-5-7-14(8-13)22(25)26/h5-10H,4H2,1-3H3,(H,21,23)/b19-10+. The second-order valence-electron chi connectivity index (χ2n) is 5.53. The Kier molecular flexibility index (Phi) is 6.32. The monoisotopic (exact) mass is 370 g/mol. The fourth-order valence-electron chi connectivity index (χ4n) is 2.31. The Balaban J connectivity index is 2.18. The quantitative estimate of drug-likeness (QED) is 0.361. The number of carbonyl (C=O) groups is 2. The molecule has 0 unspecified atom stereocenters. The van der Waals surface area contributed by atoms with Gasteiger partial charge in [-0.3, -0.25) is 19.9 Å². The first-order valence-electron chi connectivity index (χ1n) is 8.06. The molecule has 9 heteroatoms. The third-order valence-corrected chi connectivity index (χ3v) is 3.60. The largest absolute Gasteiger partial charge is 0.462 e. The zero-order valence-electron chi connectivity index (χ0n) is 15.1. The number of hydrazone groups is 1. The van der Waals surface area contributed by atoms with Crippen molar-refractivity contribution in [2.75, 3.05) is 6.61 Å². The number of nitrogens with one attached hydrogen (secondary N) is 1. The summed E-state index contributed by atoms with van der Waals surface area (Å²) < 4.78 is 4.96. The number of carbonyl (C=O) groups excluding carboxylic acids is 2. The van der Waals surface area contributed by atoms with Crippen molar-refractivity contribution in [3.8, 4) is 0 Å². The molecule has 9 nitrogen and oxygen atoms in total. The van der Waals surface area contributed by atoms with Crippen molar-refractivity contribution < 1.29 is 19.2 Å². The van der Waals surface area contributed by atoms with Crippen LogP contribution in [0.5, 0.6) is 0 Å². The molecule has 0 radical (unpaired) electrons. The number of benzene rings is 1. The molecule has 0 aliphatic rings. The number of rotatable bonds is 6. The first-order valence-corrected chi connectivity index (χ1v) is 8.06. The minimum atomic E-state index is -0.563. The molecule has 0 saturated carbocycles. The lowest BCUT2D eigenvalue weighted by atomic mass is 10.1. The van der Waals surface area contributed by atoms with Crippen LogP contribution in [0, 0.1) is 24.0 Å². The van der Waals surface area contributed by atoms with Gasteiger partial charge in [0.25, 0.3) is 11.6 Å². The van der Waals surface area contributed by atoms with Crippen molar-refractivity contribution in [2.45, 2.75) is 20.8 Å². The Labute approximate surface area is 155 Å². The first kappa shape index (κ1) is 19.7. The minimum Gasteiger partial charge on any atom is -0.462 e. The van der Waals surface area contributed by atoms with Crippen LogP contribution in [0.25, 0.3) is 0 Å². The van der Waals surface area contributed by atoms with Gasteiger partial charge in [-0.15, -0.1) is 0 Å². The van der Waals surface area contributed by atoms with Crippen molar-refractivity contribution in [2.24, 2.45) is 5.10 Å². The van der Waals surface area contributed by atoms with E-state index in [4.69, 9.17) is 4.74 Å². The molecule has 0 atom stereocenters. The molecule has 0 aliphatic heterocycles. The Morgan fingerprint density at radius 1 is 1.26 bits per heavy atom. The molecular formula is C18H18N4O5. The second kappa shape index (κ2) is 8.65. The summed E-state index contributed by atoms with van der Waals surface area (Å²) in [6.07, 6.45) is 1.29. The smallest absolute Gasteiger partial charge is 0.339 e. The van der Waals surface area contributed by atoms with Crippen LogP contribution in [-0.4, -0.2) is 34.6 Å². The molecule has 0 bridgehead atoms.